The van der Waals surface area contributed by atoms with Crippen molar-refractivity contribution in [3.63, 3.8) is 0 Å². The zero-order valence-corrected chi connectivity index (χ0v) is 9.60. The van der Waals surface area contributed by atoms with Crippen molar-refractivity contribution in [3.8, 4) is 5.75 Å². The van der Waals surface area contributed by atoms with Gasteiger partial charge in [-0.25, -0.2) is 0 Å². The lowest BCUT2D eigenvalue weighted by molar-refractivity contribution is -0.150. The summed E-state index contributed by atoms with van der Waals surface area (Å²) in [6, 6.07) is 7.60. The van der Waals surface area contributed by atoms with Crippen molar-refractivity contribution < 1.29 is 14.3 Å². The highest BCUT2D eigenvalue weighted by Crippen LogP contribution is 2.32. The topological polar surface area (TPSA) is 35.5 Å². The fourth-order valence-electron chi connectivity index (χ4n) is 1.55. The van der Waals surface area contributed by atoms with E-state index in [1.165, 1.54) is 0 Å². The molecular formula is C13H16O3. The molecule has 16 heavy (non-hydrogen) atoms. The zero-order valence-electron chi connectivity index (χ0n) is 9.60. The van der Waals surface area contributed by atoms with Gasteiger partial charge in [0.25, 0.3) is 0 Å². The van der Waals surface area contributed by atoms with Crippen molar-refractivity contribution in [2.45, 2.75) is 25.9 Å². The second-order valence-corrected chi connectivity index (χ2v) is 4.13. The molecule has 2 rings (SSSR count). The largest absolute Gasteiger partial charge is 0.497 e. The van der Waals surface area contributed by atoms with Crippen molar-refractivity contribution in [2.24, 2.45) is 5.92 Å². The predicted molar refractivity (Wildman–Crippen MR) is 60.2 cm³/mol. The van der Waals surface area contributed by atoms with Crippen LogP contribution in [-0.2, 0) is 9.53 Å². The highest BCUT2D eigenvalue weighted by molar-refractivity contribution is 5.75. The van der Waals surface area contributed by atoms with E-state index in [0.29, 0.717) is 0 Å². The first-order chi connectivity index (χ1) is 7.70. The molecule has 0 amide bonds. The van der Waals surface area contributed by atoms with Gasteiger partial charge in [0.15, 0.2) is 0 Å². The van der Waals surface area contributed by atoms with E-state index in [4.69, 9.17) is 9.47 Å². The molecule has 0 bridgehead atoms. The average Bonchev–Trinajstić information content (AvgIpc) is 3.13. The van der Waals surface area contributed by atoms with Crippen LogP contribution in [0.15, 0.2) is 24.3 Å². The van der Waals surface area contributed by atoms with Gasteiger partial charge in [0, 0.05) is 0 Å². The molecule has 1 aromatic carbocycles. The van der Waals surface area contributed by atoms with Gasteiger partial charge in [-0.05, 0) is 37.5 Å². The van der Waals surface area contributed by atoms with E-state index in [9.17, 15) is 4.79 Å². The molecule has 0 heterocycles. The quantitative estimate of drug-likeness (QED) is 0.732. The molecule has 1 aromatic rings. The van der Waals surface area contributed by atoms with E-state index in [1.54, 1.807) is 7.11 Å². The molecular weight excluding hydrogens is 204 g/mol. The van der Waals surface area contributed by atoms with Crippen LogP contribution in [0.4, 0.5) is 0 Å². The van der Waals surface area contributed by atoms with Crippen LogP contribution < -0.4 is 4.74 Å². The van der Waals surface area contributed by atoms with Gasteiger partial charge in [0.05, 0.1) is 13.0 Å². The molecule has 0 aromatic heterocycles. The van der Waals surface area contributed by atoms with Gasteiger partial charge >= 0.3 is 5.97 Å². The van der Waals surface area contributed by atoms with Crippen LogP contribution in [0.2, 0.25) is 0 Å². The smallest absolute Gasteiger partial charge is 0.309 e. The molecule has 86 valence electrons. The normalized spacial score (nSPS) is 16.6. The maximum absolute atomic E-state index is 11.5. The van der Waals surface area contributed by atoms with E-state index in [0.717, 1.165) is 24.2 Å². The third-order valence-corrected chi connectivity index (χ3v) is 2.77. The maximum Gasteiger partial charge on any atom is 0.309 e. The molecule has 0 aliphatic heterocycles. The Balaban J connectivity index is 2.01. The molecule has 3 heteroatoms. The fourth-order valence-corrected chi connectivity index (χ4v) is 1.55. The first-order valence-electron chi connectivity index (χ1n) is 5.55. The summed E-state index contributed by atoms with van der Waals surface area (Å²) >= 11 is 0. The predicted octanol–water partition coefficient (Wildman–Crippen LogP) is 2.71. The van der Waals surface area contributed by atoms with Gasteiger partial charge in [-0.1, -0.05) is 12.1 Å². The summed E-state index contributed by atoms with van der Waals surface area (Å²) in [7, 11) is 1.62. The molecule has 1 saturated carbocycles. The van der Waals surface area contributed by atoms with E-state index in [-0.39, 0.29) is 18.0 Å². The van der Waals surface area contributed by atoms with E-state index < -0.39 is 0 Å². The third kappa shape index (κ3) is 2.54. The Bertz CT molecular complexity index is 383. The zero-order chi connectivity index (χ0) is 11.5. The van der Waals surface area contributed by atoms with Crippen molar-refractivity contribution in [1.82, 2.24) is 0 Å². The molecule has 1 unspecified atom stereocenters. The van der Waals surface area contributed by atoms with Crippen LogP contribution in [0.25, 0.3) is 0 Å². The Morgan fingerprint density at radius 3 is 2.81 bits per heavy atom. The first kappa shape index (κ1) is 11.0. The first-order valence-corrected chi connectivity index (χ1v) is 5.55. The molecule has 1 fully saturated rings. The maximum atomic E-state index is 11.5. The number of carbonyl (C=O) groups excluding carboxylic acids is 1. The molecule has 0 N–H and O–H groups in total. The van der Waals surface area contributed by atoms with Crippen molar-refractivity contribution in [1.29, 1.82) is 0 Å². The van der Waals surface area contributed by atoms with Crippen molar-refractivity contribution >= 4 is 5.97 Å². The van der Waals surface area contributed by atoms with Crippen LogP contribution in [-0.4, -0.2) is 13.1 Å². The van der Waals surface area contributed by atoms with E-state index in [2.05, 4.69) is 0 Å². The van der Waals surface area contributed by atoms with Gasteiger partial charge in [0.1, 0.15) is 11.9 Å². The van der Waals surface area contributed by atoms with E-state index >= 15 is 0 Å². The number of methoxy groups -OCH3 is 1. The summed E-state index contributed by atoms with van der Waals surface area (Å²) in [5.41, 5.74) is 0.966. The Morgan fingerprint density at radius 1 is 1.44 bits per heavy atom. The van der Waals surface area contributed by atoms with Gasteiger partial charge in [-0.15, -0.1) is 0 Å². The summed E-state index contributed by atoms with van der Waals surface area (Å²) in [4.78, 5) is 11.5. The lowest BCUT2D eigenvalue weighted by Crippen LogP contribution is -2.10. The second-order valence-electron chi connectivity index (χ2n) is 4.13. The van der Waals surface area contributed by atoms with Gasteiger partial charge in [-0.2, -0.15) is 0 Å². The number of hydrogen-bond donors (Lipinski definition) is 0. The standard InChI is InChI=1S/C13H16O3/c1-9(16-13(14)10-6-7-10)11-4-3-5-12(8-11)15-2/h3-5,8-10H,6-7H2,1-2H3. The number of hydrogen-bond acceptors (Lipinski definition) is 3. The summed E-state index contributed by atoms with van der Waals surface area (Å²) < 4.78 is 10.5. The number of benzene rings is 1. The minimum absolute atomic E-state index is 0.0738. The SMILES string of the molecule is COc1cccc(C(C)OC(=O)C2CC2)c1. The van der Waals surface area contributed by atoms with Gasteiger partial charge in [0.2, 0.25) is 0 Å². The molecule has 3 nitrogen and oxygen atoms in total. The second kappa shape index (κ2) is 4.56. The van der Waals surface area contributed by atoms with Gasteiger partial charge < -0.3 is 9.47 Å². The van der Waals surface area contributed by atoms with Crippen LogP contribution in [0.5, 0.6) is 5.75 Å². The highest BCUT2D eigenvalue weighted by Gasteiger charge is 2.32. The van der Waals surface area contributed by atoms with E-state index in [1.807, 2.05) is 31.2 Å². The Labute approximate surface area is 95.4 Å². The summed E-state index contributed by atoms with van der Waals surface area (Å²) in [5, 5.41) is 0. The van der Waals surface area contributed by atoms with Crippen LogP contribution in [0.1, 0.15) is 31.4 Å². The van der Waals surface area contributed by atoms with Crippen molar-refractivity contribution in [3.05, 3.63) is 29.8 Å². The van der Waals surface area contributed by atoms with Crippen LogP contribution in [0, 0.1) is 5.92 Å². The monoisotopic (exact) mass is 220 g/mol. The molecule has 0 spiro atoms. The molecule has 1 aliphatic carbocycles. The number of esters is 1. The lowest BCUT2D eigenvalue weighted by atomic mass is 10.1. The lowest BCUT2D eigenvalue weighted by Gasteiger charge is -2.14. The van der Waals surface area contributed by atoms with Gasteiger partial charge in [-0.3, -0.25) is 4.79 Å². The van der Waals surface area contributed by atoms with Crippen LogP contribution >= 0.6 is 0 Å². The Morgan fingerprint density at radius 2 is 2.19 bits per heavy atom. The molecule has 1 aliphatic rings. The number of rotatable bonds is 4. The summed E-state index contributed by atoms with van der Waals surface area (Å²) in [6.45, 7) is 1.88. The van der Waals surface area contributed by atoms with Crippen LogP contribution in [0.3, 0.4) is 0 Å². The van der Waals surface area contributed by atoms with Crippen molar-refractivity contribution in [2.75, 3.05) is 7.11 Å². The fraction of sp³-hybridized carbons (Fsp3) is 0.462. The minimum atomic E-state index is -0.205. The highest BCUT2D eigenvalue weighted by atomic mass is 16.5. The Hall–Kier alpha value is -1.51. The minimum Gasteiger partial charge on any atom is -0.497 e. The average molecular weight is 220 g/mol. The molecule has 0 radical (unpaired) electrons. The number of ether oxygens (including phenoxy) is 2. The third-order valence-electron chi connectivity index (χ3n) is 2.77. The summed E-state index contributed by atoms with van der Waals surface area (Å²) in [5.74, 6) is 0.857. The molecule has 0 saturated heterocycles. The number of carbonyl (C=O) groups is 1. The Kier molecular flexibility index (Phi) is 3.13. The summed E-state index contributed by atoms with van der Waals surface area (Å²) in [6.07, 6.45) is 1.75. The molecule has 1 atom stereocenters.